The largest absolute Gasteiger partial charge is 0.508 e. The van der Waals surface area contributed by atoms with Crippen molar-refractivity contribution < 1.29 is 19.4 Å². The number of esters is 1. The van der Waals surface area contributed by atoms with Gasteiger partial charge < -0.3 is 14.7 Å². The predicted molar refractivity (Wildman–Crippen MR) is 78.6 cm³/mol. The van der Waals surface area contributed by atoms with Crippen molar-refractivity contribution in [1.82, 2.24) is 0 Å². The Kier molecular flexibility index (Phi) is 4.23. The van der Waals surface area contributed by atoms with E-state index in [0.717, 1.165) is 0 Å². The van der Waals surface area contributed by atoms with Crippen LogP contribution >= 0.6 is 0 Å². The Labute approximate surface area is 122 Å². The summed E-state index contributed by atoms with van der Waals surface area (Å²) in [6.45, 7) is 0. The van der Waals surface area contributed by atoms with Crippen LogP contribution in [0.15, 0.2) is 48.5 Å². The monoisotopic (exact) mass is 285 g/mol. The molecule has 108 valence electrons. The van der Waals surface area contributed by atoms with Crippen LogP contribution < -0.4 is 4.90 Å². The van der Waals surface area contributed by atoms with E-state index < -0.39 is 5.97 Å². The summed E-state index contributed by atoms with van der Waals surface area (Å²) in [5, 5.41) is 9.45. The molecule has 0 aliphatic rings. The van der Waals surface area contributed by atoms with Crippen LogP contribution in [0.3, 0.4) is 0 Å². The van der Waals surface area contributed by atoms with Gasteiger partial charge in [0, 0.05) is 12.6 Å². The summed E-state index contributed by atoms with van der Waals surface area (Å²) in [7, 11) is 2.85. The number of hydrogen-bond acceptors (Lipinski definition) is 4. The first kappa shape index (κ1) is 14.6. The number of phenolic OH excluding ortho intramolecular Hbond substituents is 1. The van der Waals surface area contributed by atoms with Gasteiger partial charge in [-0.25, -0.2) is 4.79 Å². The Balaban J connectivity index is 2.38. The van der Waals surface area contributed by atoms with Gasteiger partial charge in [0.05, 0.1) is 18.4 Å². The number of aromatic hydroxyl groups is 1. The van der Waals surface area contributed by atoms with Crippen LogP contribution in [0.4, 0.5) is 5.69 Å². The Morgan fingerprint density at radius 1 is 1.10 bits per heavy atom. The molecular weight excluding hydrogens is 270 g/mol. The van der Waals surface area contributed by atoms with Gasteiger partial charge in [-0.3, -0.25) is 4.79 Å². The summed E-state index contributed by atoms with van der Waals surface area (Å²) >= 11 is 0. The Bertz CT molecular complexity index is 681. The van der Waals surface area contributed by atoms with Crippen LogP contribution in [0.5, 0.6) is 5.75 Å². The average Bonchev–Trinajstić information content (AvgIpc) is 2.52. The minimum absolute atomic E-state index is 0.00973. The maximum atomic E-state index is 12.4. The van der Waals surface area contributed by atoms with E-state index in [-0.39, 0.29) is 11.7 Å². The number of nitrogens with zero attached hydrogens (tertiary/aromatic N) is 1. The van der Waals surface area contributed by atoms with Gasteiger partial charge in [-0.1, -0.05) is 18.2 Å². The lowest BCUT2D eigenvalue weighted by atomic mass is 10.1. The van der Waals surface area contributed by atoms with Crippen molar-refractivity contribution in [1.29, 1.82) is 0 Å². The van der Waals surface area contributed by atoms with Gasteiger partial charge in [-0.2, -0.15) is 0 Å². The van der Waals surface area contributed by atoms with Crippen LogP contribution in [0, 0.1) is 0 Å². The number of carbonyl (C=O) groups is 2. The number of rotatable bonds is 3. The fourth-order valence-electron chi connectivity index (χ4n) is 1.99. The van der Waals surface area contributed by atoms with Gasteiger partial charge in [0.25, 0.3) is 5.91 Å². The molecule has 0 unspecified atom stereocenters. The Morgan fingerprint density at radius 2 is 1.81 bits per heavy atom. The van der Waals surface area contributed by atoms with E-state index in [1.54, 1.807) is 43.4 Å². The highest BCUT2D eigenvalue weighted by molar-refractivity contribution is 6.09. The molecule has 0 radical (unpaired) electrons. The molecule has 0 atom stereocenters. The maximum Gasteiger partial charge on any atom is 0.339 e. The van der Waals surface area contributed by atoms with Gasteiger partial charge in [-0.15, -0.1) is 0 Å². The number of ether oxygens (including phenoxy) is 1. The van der Waals surface area contributed by atoms with E-state index in [1.807, 2.05) is 0 Å². The standard InChI is InChI=1S/C16H15NO4/c1-17(15(19)11-6-5-7-12(18)10-11)14-9-4-3-8-13(14)16(20)21-2/h3-10,18H,1-2H3. The number of benzene rings is 2. The third kappa shape index (κ3) is 3.02. The fraction of sp³-hybridized carbons (Fsp3) is 0.125. The molecule has 0 aliphatic carbocycles. The lowest BCUT2D eigenvalue weighted by Gasteiger charge is -2.20. The van der Waals surface area contributed by atoms with Gasteiger partial charge in [-0.05, 0) is 30.3 Å². The Hall–Kier alpha value is -2.82. The lowest BCUT2D eigenvalue weighted by molar-refractivity contribution is 0.0601. The summed E-state index contributed by atoms with van der Waals surface area (Å²) in [6.07, 6.45) is 0. The number of methoxy groups -OCH3 is 1. The zero-order valence-corrected chi connectivity index (χ0v) is 11.7. The highest BCUT2D eigenvalue weighted by Gasteiger charge is 2.20. The van der Waals surface area contributed by atoms with Gasteiger partial charge >= 0.3 is 5.97 Å². The van der Waals surface area contributed by atoms with E-state index in [1.165, 1.54) is 24.1 Å². The lowest BCUT2D eigenvalue weighted by Crippen LogP contribution is -2.28. The molecule has 0 aliphatic heterocycles. The number of anilines is 1. The van der Waals surface area contributed by atoms with Crippen molar-refractivity contribution in [3.05, 3.63) is 59.7 Å². The molecule has 1 N–H and O–H groups in total. The smallest absolute Gasteiger partial charge is 0.339 e. The fourth-order valence-corrected chi connectivity index (χ4v) is 1.99. The SMILES string of the molecule is COC(=O)c1ccccc1N(C)C(=O)c1cccc(O)c1. The second kappa shape index (κ2) is 6.09. The molecule has 1 amide bonds. The van der Waals surface area contributed by atoms with E-state index in [2.05, 4.69) is 0 Å². The molecule has 0 heterocycles. The van der Waals surface area contributed by atoms with E-state index in [0.29, 0.717) is 16.8 Å². The van der Waals surface area contributed by atoms with Gasteiger partial charge in [0.1, 0.15) is 5.75 Å². The first-order valence-electron chi connectivity index (χ1n) is 6.29. The number of hydrogen-bond donors (Lipinski definition) is 1. The third-order valence-electron chi connectivity index (χ3n) is 3.07. The molecule has 21 heavy (non-hydrogen) atoms. The minimum Gasteiger partial charge on any atom is -0.508 e. The number of para-hydroxylation sites is 1. The van der Waals surface area contributed by atoms with Gasteiger partial charge in [0.2, 0.25) is 0 Å². The maximum absolute atomic E-state index is 12.4. The predicted octanol–water partition coefficient (Wildman–Crippen LogP) is 2.46. The normalized spacial score (nSPS) is 10.0. The third-order valence-corrected chi connectivity index (χ3v) is 3.07. The summed E-state index contributed by atoms with van der Waals surface area (Å²) in [6, 6.07) is 12.7. The first-order chi connectivity index (χ1) is 10.0. The Morgan fingerprint density at radius 3 is 2.48 bits per heavy atom. The summed E-state index contributed by atoms with van der Waals surface area (Å²) < 4.78 is 4.71. The van der Waals surface area contributed by atoms with Crippen molar-refractivity contribution in [2.75, 3.05) is 19.1 Å². The van der Waals surface area contributed by atoms with Gasteiger partial charge in [0.15, 0.2) is 0 Å². The van der Waals surface area contributed by atoms with Crippen LogP contribution in [0.2, 0.25) is 0 Å². The van der Waals surface area contributed by atoms with Crippen molar-refractivity contribution >= 4 is 17.6 Å². The molecule has 2 aromatic rings. The molecule has 0 fully saturated rings. The topological polar surface area (TPSA) is 66.8 Å². The molecule has 5 heteroatoms. The highest BCUT2D eigenvalue weighted by atomic mass is 16.5. The molecule has 2 aromatic carbocycles. The molecule has 0 spiro atoms. The minimum atomic E-state index is -0.513. The van der Waals surface area contributed by atoms with E-state index >= 15 is 0 Å². The summed E-state index contributed by atoms with van der Waals surface area (Å²) in [4.78, 5) is 25.5. The van der Waals surface area contributed by atoms with Crippen molar-refractivity contribution in [2.24, 2.45) is 0 Å². The quantitative estimate of drug-likeness (QED) is 0.880. The molecular formula is C16H15NO4. The second-order valence-corrected chi connectivity index (χ2v) is 4.42. The molecule has 0 saturated heterocycles. The number of phenols is 1. The molecule has 0 bridgehead atoms. The highest BCUT2D eigenvalue weighted by Crippen LogP contribution is 2.22. The summed E-state index contributed by atoms with van der Waals surface area (Å²) in [5.74, 6) is -0.834. The summed E-state index contributed by atoms with van der Waals surface area (Å²) in [5.41, 5.74) is 1.07. The van der Waals surface area contributed by atoms with E-state index in [9.17, 15) is 14.7 Å². The number of amides is 1. The average molecular weight is 285 g/mol. The van der Waals surface area contributed by atoms with Crippen LogP contribution in [0.1, 0.15) is 20.7 Å². The molecule has 5 nitrogen and oxygen atoms in total. The molecule has 2 rings (SSSR count). The molecule has 0 aromatic heterocycles. The zero-order chi connectivity index (χ0) is 15.4. The molecule has 0 saturated carbocycles. The van der Waals surface area contributed by atoms with E-state index in [4.69, 9.17) is 4.74 Å². The number of carbonyl (C=O) groups excluding carboxylic acids is 2. The van der Waals surface area contributed by atoms with Crippen molar-refractivity contribution in [2.45, 2.75) is 0 Å². The van der Waals surface area contributed by atoms with Crippen LogP contribution in [-0.4, -0.2) is 31.1 Å². The second-order valence-electron chi connectivity index (χ2n) is 4.42. The van der Waals surface area contributed by atoms with Crippen LogP contribution in [-0.2, 0) is 4.74 Å². The van der Waals surface area contributed by atoms with Crippen LogP contribution in [0.25, 0.3) is 0 Å². The zero-order valence-electron chi connectivity index (χ0n) is 11.7. The van der Waals surface area contributed by atoms with Crippen molar-refractivity contribution in [3.8, 4) is 5.75 Å². The van der Waals surface area contributed by atoms with Crippen molar-refractivity contribution in [3.63, 3.8) is 0 Å². The first-order valence-corrected chi connectivity index (χ1v) is 6.29.